The van der Waals surface area contributed by atoms with E-state index in [1.54, 1.807) is 0 Å². The fourth-order valence-corrected chi connectivity index (χ4v) is 4.83. The smallest absolute Gasteiger partial charge is 0.294 e. The fraction of sp³-hybridized carbons (Fsp3) is 0.200. The van der Waals surface area contributed by atoms with Crippen molar-refractivity contribution < 1.29 is 19.5 Å². The van der Waals surface area contributed by atoms with Crippen molar-refractivity contribution in [2.45, 2.75) is 26.5 Å². The Morgan fingerprint density at radius 2 is 1.88 bits per heavy atom. The van der Waals surface area contributed by atoms with Gasteiger partial charge in [0.05, 0.1) is 17.6 Å². The number of fused-ring (bicyclic) bond motifs is 2. The third kappa shape index (κ3) is 6.32. The number of hydrogen-bond donors (Lipinski definition) is 1. The highest BCUT2D eigenvalue weighted by molar-refractivity contribution is 6.30. The standard InChI is InChI=1S/C30H27ClN4O5/c1-20-26(17-30(36)32-14-15-40-35(37)38)27-16-25(39-19-24-11-8-22-4-2-3-5-28(22)33-24)12-13-29(27)34(20)18-21-6-9-23(31)10-7-21/h2-13,16H,14-15,17-19H2,1H3,(H,32,36). The van der Waals surface area contributed by atoms with Crippen LogP contribution in [0.3, 0.4) is 0 Å². The van der Waals surface area contributed by atoms with Gasteiger partial charge in [-0.05, 0) is 60.5 Å². The number of ether oxygens (including phenoxy) is 1. The Hall–Kier alpha value is -4.63. The van der Waals surface area contributed by atoms with Crippen molar-refractivity contribution in [3.05, 3.63) is 117 Å². The molecule has 0 bridgehead atoms. The van der Waals surface area contributed by atoms with Crippen molar-refractivity contribution in [3.63, 3.8) is 0 Å². The Morgan fingerprint density at radius 1 is 1.07 bits per heavy atom. The van der Waals surface area contributed by atoms with Crippen LogP contribution in [0.5, 0.6) is 5.75 Å². The summed E-state index contributed by atoms with van der Waals surface area (Å²) in [4.78, 5) is 32.1. The van der Waals surface area contributed by atoms with Gasteiger partial charge in [-0.2, -0.15) is 0 Å². The van der Waals surface area contributed by atoms with Crippen molar-refractivity contribution in [1.29, 1.82) is 0 Å². The van der Waals surface area contributed by atoms with Gasteiger partial charge < -0.3 is 19.5 Å². The largest absolute Gasteiger partial charge is 0.487 e. The summed E-state index contributed by atoms with van der Waals surface area (Å²) in [5.41, 5.74) is 5.54. The predicted molar refractivity (Wildman–Crippen MR) is 153 cm³/mol. The second kappa shape index (κ2) is 12.0. The van der Waals surface area contributed by atoms with E-state index in [1.165, 1.54) is 0 Å². The Morgan fingerprint density at radius 3 is 2.67 bits per heavy atom. The van der Waals surface area contributed by atoms with Gasteiger partial charge in [-0.25, -0.2) is 4.98 Å². The maximum absolute atomic E-state index is 12.8. The summed E-state index contributed by atoms with van der Waals surface area (Å²) in [6.45, 7) is 2.70. The minimum Gasteiger partial charge on any atom is -0.487 e. The first-order valence-corrected chi connectivity index (χ1v) is 13.1. The zero-order valence-corrected chi connectivity index (χ0v) is 22.6. The molecule has 10 heteroatoms. The van der Waals surface area contributed by atoms with Gasteiger partial charge in [0.2, 0.25) is 5.91 Å². The molecule has 1 amide bonds. The number of pyridine rings is 1. The Bertz CT molecular complexity index is 1680. The number of benzene rings is 3. The molecular weight excluding hydrogens is 532 g/mol. The van der Waals surface area contributed by atoms with Crippen LogP contribution in [0.1, 0.15) is 22.5 Å². The van der Waals surface area contributed by atoms with Gasteiger partial charge in [0.15, 0.2) is 0 Å². The Kier molecular flexibility index (Phi) is 8.12. The molecule has 40 heavy (non-hydrogen) atoms. The van der Waals surface area contributed by atoms with Crippen LogP contribution in [0.15, 0.2) is 78.9 Å². The summed E-state index contributed by atoms with van der Waals surface area (Å²) in [5.74, 6) is 0.402. The van der Waals surface area contributed by atoms with Crippen molar-refractivity contribution in [1.82, 2.24) is 14.9 Å². The summed E-state index contributed by atoms with van der Waals surface area (Å²) in [7, 11) is 0. The molecule has 0 aliphatic heterocycles. The topological polar surface area (TPSA) is 109 Å². The Labute approximate surface area is 235 Å². The zero-order valence-electron chi connectivity index (χ0n) is 21.8. The van der Waals surface area contributed by atoms with E-state index >= 15 is 0 Å². The van der Waals surface area contributed by atoms with Crippen LogP contribution in [0, 0.1) is 17.0 Å². The molecule has 1 N–H and O–H groups in total. The van der Waals surface area contributed by atoms with Gasteiger partial charge in [-0.1, -0.05) is 48.0 Å². The lowest BCUT2D eigenvalue weighted by atomic mass is 10.1. The van der Waals surface area contributed by atoms with Gasteiger partial charge in [-0.3, -0.25) is 4.79 Å². The van der Waals surface area contributed by atoms with Gasteiger partial charge >= 0.3 is 0 Å². The number of carbonyl (C=O) groups excluding carboxylic acids is 1. The molecule has 9 nitrogen and oxygen atoms in total. The number of halogens is 1. The lowest BCUT2D eigenvalue weighted by Gasteiger charge is -2.10. The quantitative estimate of drug-likeness (QED) is 0.128. The monoisotopic (exact) mass is 558 g/mol. The van der Waals surface area contributed by atoms with Crippen LogP contribution >= 0.6 is 11.6 Å². The average molecular weight is 559 g/mol. The number of hydrogen-bond acceptors (Lipinski definition) is 6. The van der Waals surface area contributed by atoms with E-state index in [0.29, 0.717) is 23.9 Å². The second-order valence-corrected chi connectivity index (χ2v) is 9.76. The molecule has 5 aromatic rings. The third-order valence-electron chi connectivity index (χ3n) is 6.68. The van der Waals surface area contributed by atoms with E-state index < -0.39 is 5.09 Å². The summed E-state index contributed by atoms with van der Waals surface area (Å²) in [6, 6.07) is 25.4. The van der Waals surface area contributed by atoms with Gasteiger partial charge in [0.25, 0.3) is 5.09 Å². The number of aromatic nitrogens is 2. The number of rotatable bonds is 11. The number of para-hydroxylation sites is 1. The van der Waals surface area contributed by atoms with Crippen LogP contribution in [0.2, 0.25) is 5.02 Å². The van der Waals surface area contributed by atoms with E-state index in [0.717, 1.165) is 44.3 Å². The summed E-state index contributed by atoms with van der Waals surface area (Å²) in [6.07, 6.45) is 0.101. The number of amides is 1. The SMILES string of the molecule is Cc1c(CC(=O)NCCO[N+](=O)[O-])c2cc(OCc3ccc4ccccc4n3)ccc2n1Cc1ccc(Cl)cc1. The number of nitrogens with one attached hydrogen (secondary N) is 1. The molecule has 2 aromatic heterocycles. The van der Waals surface area contributed by atoms with Crippen LogP contribution in [-0.4, -0.2) is 33.7 Å². The van der Waals surface area contributed by atoms with Gasteiger partial charge in [0.1, 0.15) is 19.0 Å². The summed E-state index contributed by atoms with van der Waals surface area (Å²) in [5, 5.41) is 14.8. The van der Waals surface area contributed by atoms with Crippen molar-refractivity contribution >= 4 is 39.3 Å². The first-order valence-electron chi connectivity index (χ1n) is 12.7. The molecule has 0 aliphatic rings. The first kappa shape index (κ1) is 27.0. The molecule has 0 unspecified atom stereocenters. The average Bonchev–Trinajstić information content (AvgIpc) is 3.20. The molecule has 0 aliphatic carbocycles. The third-order valence-corrected chi connectivity index (χ3v) is 6.93. The first-order chi connectivity index (χ1) is 19.4. The second-order valence-electron chi connectivity index (χ2n) is 9.32. The van der Waals surface area contributed by atoms with Crippen LogP contribution in [-0.2, 0) is 29.2 Å². The lowest BCUT2D eigenvalue weighted by molar-refractivity contribution is -0.757. The van der Waals surface area contributed by atoms with E-state index in [-0.39, 0.29) is 25.5 Å². The van der Waals surface area contributed by atoms with E-state index in [1.807, 2.05) is 85.8 Å². The molecule has 5 rings (SSSR count). The highest BCUT2D eigenvalue weighted by atomic mass is 35.5. The van der Waals surface area contributed by atoms with E-state index in [9.17, 15) is 14.9 Å². The summed E-state index contributed by atoms with van der Waals surface area (Å²) >= 11 is 6.08. The molecule has 2 heterocycles. The Balaban J connectivity index is 1.41. The van der Waals surface area contributed by atoms with Crippen molar-refractivity contribution in [2.75, 3.05) is 13.2 Å². The minimum atomic E-state index is -0.879. The summed E-state index contributed by atoms with van der Waals surface area (Å²) < 4.78 is 8.28. The molecule has 0 saturated carbocycles. The lowest BCUT2D eigenvalue weighted by Crippen LogP contribution is -2.29. The molecule has 0 radical (unpaired) electrons. The molecule has 0 spiro atoms. The van der Waals surface area contributed by atoms with Crippen LogP contribution in [0.4, 0.5) is 0 Å². The predicted octanol–water partition coefficient (Wildman–Crippen LogP) is 5.65. The zero-order chi connectivity index (χ0) is 28.1. The van der Waals surface area contributed by atoms with Crippen molar-refractivity contribution in [2.24, 2.45) is 0 Å². The molecular formula is C30H27ClN4O5. The number of nitrogens with zero attached hydrogens (tertiary/aromatic N) is 3. The maximum Gasteiger partial charge on any atom is 0.294 e. The van der Waals surface area contributed by atoms with Crippen LogP contribution in [0.25, 0.3) is 21.8 Å². The minimum absolute atomic E-state index is 0.0371. The highest BCUT2D eigenvalue weighted by Gasteiger charge is 2.18. The van der Waals surface area contributed by atoms with Gasteiger partial charge in [-0.15, -0.1) is 10.1 Å². The normalized spacial score (nSPS) is 11.1. The highest BCUT2D eigenvalue weighted by Crippen LogP contribution is 2.31. The van der Waals surface area contributed by atoms with Crippen molar-refractivity contribution in [3.8, 4) is 5.75 Å². The molecule has 0 saturated heterocycles. The molecule has 204 valence electrons. The van der Waals surface area contributed by atoms with E-state index in [4.69, 9.17) is 16.3 Å². The molecule has 0 fully saturated rings. The van der Waals surface area contributed by atoms with Crippen LogP contribution < -0.4 is 10.1 Å². The van der Waals surface area contributed by atoms with Gasteiger partial charge in [0, 0.05) is 40.1 Å². The molecule has 0 atom stereocenters. The molecule has 3 aromatic carbocycles. The maximum atomic E-state index is 12.8. The van der Waals surface area contributed by atoms with E-state index in [2.05, 4.69) is 19.7 Å². The number of carbonyl (C=O) groups is 1. The fourth-order valence-electron chi connectivity index (χ4n) is 4.70.